The van der Waals surface area contributed by atoms with Crippen LogP contribution in [0.2, 0.25) is 0 Å². The molecule has 1 aromatic carbocycles. The molecule has 0 radical (unpaired) electrons. The van der Waals surface area contributed by atoms with Crippen LogP contribution < -0.4 is 0 Å². The Morgan fingerprint density at radius 3 is 2.95 bits per heavy atom. The molecule has 106 valence electrons. The Morgan fingerprint density at radius 1 is 1.38 bits per heavy atom. The average molecular weight is 285 g/mol. The summed E-state index contributed by atoms with van der Waals surface area (Å²) in [4.78, 5) is 15.2. The molecular weight excluding hydrogens is 273 g/mol. The molecule has 1 N–H and O–H groups in total. The van der Waals surface area contributed by atoms with Gasteiger partial charge in [0.1, 0.15) is 5.82 Å². The highest BCUT2D eigenvalue weighted by Gasteiger charge is 2.15. The van der Waals surface area contributed by atoms with Crippen LogP contribution in [0.5, 0.6) is 0 Å². The van der Waals surface area contributed by atoms with Gasteiger partial charge in [-0.1, -0.05) is 0 Å². The second-order valence-corrected chi connectivity index (χ2v) is 4.75. The number of nitrogens with zero attached hydrogens (tertiary/aromatic N) is 3. The zero-order valence-corrected chi connectivity index (χ0v) is 11.2. The minimum Gasteiger partial charge on any atom is -0.478 e. The van der Waals surface area contributed by atoms with Crippen molar-refractivity contribution in [2.75, 3.05) is 0 Å². The van der Waals surface area contributed by atoms with Gasteiger partial charge in [0.15, 0.2) is 0 Å². The summed E-state index contributed by atoms with van der Waals surface area (Å²) in [6.07, 6.45) is 3.30. The van der Waals surface area contributed by atoms with Gasteiger partial charge < -0.3 is 5.11 Å². The Kier molecular flexibility index (Phi) is 3.13. The van der Waals surface area contributed by atoms with E-state index in [-0.39, 0.29) is 11.4 Å². The third kappa shape index (κ3) is 2.35. The van der Waals surface area contributed by atoms with Crippen molar-refractivity contribution in [1.82, 2.24) is 14.8 Å². The first-order valence-electron chi connectivity index (χ1n) is 6.33. The van der Waals surface area contributed by atoms with E-state index in [1.807, 2.05) is 0 Å². The number of fused-ring (bicyclic) bond motifs is 1. The van der Waals surface area contributed by atoms with Gasteiger partial charge in [0.2, 0.25) is 0 Å². The number of halogens is 1. The van der Waals surface area contributed by atoms with Gasteiger partial charge in [-0.2, -0.15) is 5.10 Å². The van der Waals surface area contributed by atoms with Gasteiger partial charge in [0, 0.05) is 31.2 Å². The molecule has 0 aliphatic rings. The smallest absolute Gasteiger partial charge is 0.336 e. The van der Waals surface area contributed by atoms with Crippen LogP contribution >= 0.6 is 0 Å². The van der Waals surface area contributed by atoms with Crippen LogP contribution in [-0.2, 0) is 13.5 Å². The first-order valence-corrected chi connectivity index (χ1v) is 6.33. The zero-order valence-electron chi connectivity index (χ0n) is 11.2. The van der Waals surface area contributed by atoms with Gasteiger partial charge in [-0.05, 0) is 29.8 Å². The lowest BCUT2D eigenvalue weighted by Gasteiger charge is -2.03. The molecule has 0 aliphatic carbocycles. The molecule has 0 atom stereocenters. The Morgan fingerprint density at radius 2 is 2.19 bits per heavy atom. The van der Waals surface area contributed by atoms with Crippen molar-refractivity contribution in [3.8, 4) is 0 Å². The molecular formula is C15H12FN3O2. The third-order valence-corrected chi connectivity index (χ3v) is 3.38. The third-order valence-electron chi connectivity index (χ3n) is 3.38. The molecule has 0 fully saturated rings. The van der Waals surface area contributed by atoms with Gasteiger partial charge in [0.05, 0.1) is 16.8 Å². The highest BCUT2D eigenvalue weighted by Crippen LogP contribution is 2.22. The molecule has 0 spiro atoms. The molecule has 0 unspecified atom stereocenters. The lowest BCUT2D eigenvalue weighted by molar-refractivity contribution is 0.0695. The van der Waals surface area contributed by atoms with Crippen molar-refractivity contribution < 1.29 is 14.3 Å². The second kappa shape index (κ2) is 4.97. The van der Waals surface area contributed by atoms with Crippen LogP contribution in [0.15, 0.2) is 36.7 Å². The van der Waals surface area contributed by atoms with Crippen molar-refractivity contribution in [3.05, 3.63) is 59.3 Å². The number of aromatic carboxylic acids is 1. The van der Waals surface area contributed by atoms with E-state index >= 15 is 0 Å². The van der Waals surface area contributed by atoms with Crippen LogP contribution in [0.4, 0.5) is 4.39 Å². The van der Waals surface area contributed by atoms with E-state index in [2.05, 4.69) is 10.1 Å². The summed E-state index contributed by atoms with van der Waals surface area (Å²) >= 11 is 0. The SMILES string of the molecule is Cn1nc(Cc2cnccc2C(=O)O)c2ccc(F)cc21. The molecule has 3 rings (SSSR count). The van der Waals surface area contributed by atoms with Gasteiger partial charge in [-0.15, -0.1) is 0 Å². The molecule has 2 aromatic heterocycles. The van der Waals surface area contributed by atoms with Gasteiger partial charge in [0.25, 0.3) is 0 Å². The molecule has 0 saturated carbocycles. The van der Waals surface area contributed by atoms with Crippen molar-refractivity contribution in [1.29, 1.82) is 0 Å². The summed E-state index contributed by atoms with van der Waals surface area (Å²) in [5, 5.41) is 14.4. The summed E-state index contributed by atoms with van der Waals surface area (Å²) in [5.74, 6) is -1.33. The van der Waals surface area contributed by atoms with Crippen LogP contribution in [0, 0.1) is 5.82 Å². The fourth-order valence-electron chi connectivity index (χ4n) is 2.39. The Balaban J connectivity index is 2.09. The van der Waals surface area contributed by atoms with Crippen molar-refractivity contribution in [2.24, 2.45) is 7.05 Å². The maximum absolute atomic E-state index is 13.3. The quantitative estimate of drug-likeness (QED) is 0.802. The summed E-state index contributed by atoms with van der Waals surface area (Å²) < 4.78 is 14.9. The van der Waals surface area contributed by atoms with Crippen LogP contribution in [0.3, 0.4) is 0 Å². The molecule has 5 nitrogen and oxygen atoms in total. The zero-order chi connectivity index (χ0) is 15.0. The lowest BCUT2D eigenvalue weighted by Crippen LogP contribution is -2.04. The minimum absolute atomic E-state index is 0.200. The highest BCUT2D eigenvalue weighted by molar-refractivity contribution is 5.89. The van der Waals surface area contributed by atoms with E-state index in [0.29, 0.717) is 23.2 Å². The lowest BCUT2D eigenvalue weighted by atomic mass is 10.0. The van der Waals surface area contributed by atoms with E-state index in [1.165, 1.54) is 30.6 Å². The number of aryl methyl sites for hydroxylation is 1. The number of carboxylic acid groups (broad SMARTS) is 1. The van der Waals surface area contributed by atoms with Gasteiger partial charge in [-0.25, -0.2) is 9.18 Å². The molecule has 21 heavy (non-hydrogen) atoms. The number of rotatable bonds is 3. The highest BCUT2D eigenvalue weighted by atomic mass is 19.1. The van der Waals surface area contributed by atoms with E-state index in [0.717, 1.165) is 5.39 Å². The number of benzene rings is 1. The topological polar surface area (TPSA) is 68.0 Å². The van der Waals surface area contributed by atoms with E-state index in [4.69, 9.17) is 0 Å². The van der Waals surface area contributed by atoms with Crippen molar-refractivity contribution in [2.45, 2.75) is 6.42 Å². The summed E-state index contributed by atoms with van der Waals surface area (Å²) in [7, 11) is 1.73. The van der Waals surface area contributed by atoms with Crippen molar-refractivity contribution in [3.63, 3.8) is 0 Å². The predicted octanol–water partition coefficient (Wildman–Crippen LogP) is 2.40. The maximum Gasteiger partial charge on any atom is 0.336 e. The summed E-state index contributed by atoms with van der Waals surface area (Å²) in [6, 6.07) is 5.90. The molecule has 0 bridgehead atoms. The standard InChI is InChI=1S/C15H12FN3O2/c1-19-14-7-10(16)2-3-12(14)13(18-19)6-9-8-17-5-4-11(9)15(20)21/h2-5,7-8H,6H2,1H3,(H,20,21). The first kappa shape index (κ1) is 13.2. The number of hydrogen-bond acceptors (Lipinski definition) is 3. The molecule has 0 saturated heterocycles. The van der Waals surface area contributed by atoms with Crippen LogP contribution in [-0.4, -0.2) is 25.8 Å². The molecule has 3 aromatic rings. The number of carboxylic acids is 1. The molecule has 0 amide bonds. The summed E-state index contributed by atoms with van der Waals surface area (Å²) in [6.45, 7) is 0. The monoisotopic (exact) mass is 285 g/mol. The van der Waals surface area contributed by atoms with Crippen LogP contribution in [0.25, 0.3) is 10.9 Å². The van der Waals surface area contributed by atoms with Crippen molar-refractivity contribution >= 4 is 16.9 Å². The summed E-state index contributed by atoms with van der Waals surface area (Å²) in [5.41, 5.74) is 2.15. The molecule has 6 heteroatoms. The normalized spacial score (nSPS) is 11.0. The average Bonchev–Trinajstić information content (AvgIpc) is 2.75. The largest absolute Gasteiger partial charge is 0.478 e. The van der Waals surface area contributed by atoms with E-state index < -0.39 is 5.97 Å². The number of hydrogen-bond donors (Lipinski definition) is 1. The molecule has 2 heterocycles. The predicted molar refractivity (Wildman–Crippen MR) is 74.7 cm³/mol. The van der Waals surface area contributed by atoms with E-state index in [1.54, 1.807) is 17.8 Å². The fraction of sp³-hybridized carbons (Fsp3) is 0.133. The number of aromatic nitrogens is 3. The Hall–Kier alpha value is -2.76. The Labute approximate surface area is 119 Å². The Bertz CT molecular complexity index is 842. The van der Waals surface area contributed by atoms with Gasteiger partial charge >= 0.3 is 5.97 Å². The van der Waals surface area contributed by atoms with E-state index in [9.17, 15) is 14.3 Å². The molecule has 0 aliphatic heterocycles. The van der Waals surface area contributed by atoms with Crippen LogP contribution in [0.1, 0.15) is 21.6 Å². The first-order chi connectivity index (χ1) is 10.1. The maximum atomic E-state index is 13.3. The number of pyridine rings is 1. The fourth-order valence-corrected chi connectivity index (χ4v) is 2.39. The second-order valence-electron chi connectivity index (χ2n) is 4.75. The minimum atomic E-state index is -1.00. The number of carbonyl (C=O) groups is 1. The van der Waals surface area contributed by atoms with Gasteiger partial charge in [-0.3, -0.25) is 9.67 Å².